The van der Waals surface area contributed by atoms with Gasteiger partial charge in [0.1, 0.15) is 18.2 Å². The van der Waals surface area contributed by atoms with Gasteiger partial charge in [0.15, 0.2) is 0 Å². The van der Waals surface area contributed by atoms with Gasteiger partial charge in [0.05, 0.1) is 19.0 Å². The Kier molecular flexibility index (Phi) is 7.37. The van der Waals surface area contributed by atoms with E-state index in [1.807, 2.05) is 6.07 Å². The zero-order valence-corrected chi connectivity index (χ0v) is 16.1. The standard InChI is InChI=1S/C23H26FNO3/c1-18-4-6-19(7-5-18)13-25(14-20-8-10-21(24)11-9-20)15-22(26)16-27-17-23-3-2-12-28-23/h2-12,22,26H,13-17H2,1H3/t22-/m0/s1. The molecular weight excluding hydrogens is 357 g/mol. The third kappa shape index (κ3) is 6.60. The number of furan rings is 1. The zero-order chi connectivity index (χ0) is 19.8. The second-order valence-corrected chi connectivity index (χ2v) is 7.03. The number of ether oxygens (including phenoxy) is 1. The summed E-state index contributed by atoms with van der Waals surface area (Å²) in [6.07, 6.45) is 0.960. The normalized spacial score (nSPS) is 12.4. The first-order chi connectivity index (χ1) is 13.6. The van der Waals surface area contributed by atoms with Gasteiger partial charge in [0, 0.05) is 19.6 Å². The smallest absolute Gasteiger partial charge is 0.129 e. The first kappa shape index (κ1) is 20.3. The molecule has 0 unspecified atom stereocenters. The number of halogens is 1. The van der Waals surface area contributed by atoms with Crippen molar-refractivity contribution in [2.24, 2.45) is 0 Å². The first-order valence-corrected chi connectivity index (χ1v) is 9.39. The van der Waals surface area contributed by atoms with E-state index >= 15 is 0 Å². The summed E-state index contributed by atoms with van der Waals surface area (Å²) in [5.74, 6) is 0.482. The molecule has 0 saturated carbocycles. The molecule has 1 aromatic heterocycles. The van der Waals surface area contributed by atoms with Gasteiger partial charge in [-0.3, -0.25) is 4.90 Å². The number of hydrogen-bond acceptors (Lipinski definition) is 4. The van der Waals surface area contributed by atoms with E-state index in [0.717, 1.165) is 16.9 Å². The van der Waals surface area contributed by atoms with Gasteiger partial charge in [-0.2, -0.15) is 0 Å². The molecule has 0 amide bonds. The number of nitrogens with zero attached hydrogens (tertiary/aromatic N) is 1. The number of aliphatic hydroxyl groups excluding tert-OH is 1. The summed E-state index contributed by atoms with van der Waals surface area (Å²) in [7, 11) is 0. The van der Waals surface area contributed by atoms with Crippen LogP contribution in [0.3, 0.4) is 0 Å². The molecule has 0 saturated heterocycles. The van der Waals surface area contributed by atoms with Crippen LogP contribution in [0.25, 0.3) is 0 Å². The Morgan fingerprint density at radius 3 is 2.25 bits per heavy atom. The fraction of sp³-hybridized carbons (Fsp3) is 0.304. The quantitative estimate of drug-likeness (QED) is 0.567. The van der Waals surface area contributed by atoms with Gasteiger partial charge >= 0.3 is 0 Å². The highest BCUT2D eigenvalue weighted by Gasteiger charge is 2.14. The van der Waals surface area contributed by atoms with E-state index in [9.17, 15) is 9.50 Å². The Morgan fingerprint density at radius 2 is 1.64 bits per heavy atom. The van der Waals surface area contributed by atoms with E-state index in [1.165, 1.54) is 17.7 Å². The van der Waals surface area contributed by atoms with Crippen molar-refractivity contribution in [2.45, 2.75) is 32.7 Å². The Bertz CT molecular complexity index is 769. The van der Waals surface area contributed by atoms with E-state index in [4.69, 9.17) is 9.15 Å². The van der Waals surface area contributed by atoms with Crippen LogP contribution in [0.1, 0.15) is 22.5 Å². The van der Waals surface area contributed by atoms with Crippen molar-refractivity contribution >= 4 is 0 Å². The molecule has 0 spiro atoms. The van der Waals surface area contributed by atoms with Crippen LogP contribution in [0.2, 0.25) is 0 Å². The summed E-state index contributed by atoms with van der Waals surface area (Å²) < 4.78 is 24.0. The molecule has 28 heavy (non-hydrogen) atoms. The fourth-order valence-electron chi connectivity index (χ4n) is 3.03. The van der Waals surface area contributed by atoms with Crippen molar-refractivity contribution in [1.82, 2.24) is 4.90 Å². The second-order valence-electron chi connectivity index (χ2n) is 7.03. The summed E-state index contributed by atoms with van der Waals surface area (Å²) >= 11 is 0. The molecule has 0 aliphatic carbocycles. The van der Waals surface area contributed by atoms with Crippen LogP contribution in [-0.2, 0) is 24.4 Å². The van der Waals surface area contributed by atoms with Crippen molar-refractivity contribution in [2.75, 3.05) is 13.2 Å². The Hall–Kier alpha value is -2.47. The van der Waals surface area contributed by atoms with Gasteiger partial charge < -0.3 is 14.3 Å². The summed E-state index contributed by atoms with van der Waals surface area (Å²) in [6.45, 7) is 4.36. The molecule has 148 valence electrons. The number of aliphatic hydroxyl groups is 1. The maximum absolute atomic E-state index is 13.2. The first-order valence-electron chi connectivity index (χ1n) is 9.39. The average molecular weight is 383 g/mol. The molecule has 0 fully saturated rings. The predicted octanol–water partition coefficient (Wildman–Crippen LogP) is 4.31. The average Bonchev–Trinajstić information content (AvgIpc) is 3.19. The van der Waals surface area contributed by atoms with Crippen LogP contribution < -0.4 is 0 Å². The summed E-state index contributed by atoms with van der Waals surface area (Å²) in [5.41, 5.74) is 3.37. The van der Waals surface area contributed by atoms with Gasteiger partial charge in [-0.15, -0.1) is 0 Å². The van der Waals surface area contributed by atoms with E-state index in [2.05, 4.69) is 36.1 Å². The highest BCUT2D eigenvalue weighted by molar-refractivity contribution is 5.22. The number of aryl methyl sites for hydroxylation is 1. The van der Waals surface area contributed by atoms with Gasteiger partial charge in [-0.25, -0.2) is 4.39 Å². The number of rotatable bonds is 10. The van der Waals surface area contributed by atoms with E-state index < -0.39 is 6.10 Å². The lowest BCUT2D eigenvalue weighted by atomic mass is 10.1. The van der Waals surface area contributed by atoms with E-state index in [0.29, 0.717) is 26.2 Å². The molecule has 2 aromatic carbocycles. The molecule has 1 atom stereocenters. The molecule has 0 radical (unpaired) electrons. The van der Waals surface area contributed by atoms with Crippen LogP contribution in [0.4, 0.5) is 4.39 Å². The third-order valence-electron chi connectivity index (χ3n) is 4.45. The van der Waals surface area contributed by atoms with Gasteiger partial charge in [-0.05, 0) is 42.3 Å². The summed E-state index contributed by atoms with van der Waals surface area (Å²) in [5, 5.41) is 10.4. The lowest BCUT2D eigenvalue weighted by molar-refractivity contribution is 0.00253. The van der Waals surface area contributed by atoms with Crippen molar-refractivity contribution in [3.05, 3.63) is 95.2 Å². The largest absolute Gasteiger partial charge is 0.467 e. The van der Waals surface area contributed by atoms with Crippen molar-refractivity contribution in [3.8, 4) is 0 Å². The Balaban J connectivity index is 1.58. The maximum atomic E-state index is 13.2. The molecule has 3 rings (SSSR count). The van der Waals surface area contributed by atoms with Gasteiger partial charge in [-0.1, -0.05) is 42.0 Å². The molecule has 0 aliphatic heterocycles. The minimum absolute atomic E-state index is 0.217. The molecular formula is C23H26FNO3. The van der Waals surface area contributed by atoms with Crippen LogP contribution in [0.15, 0.2) is 71.3 Å². The molecule has 4 nitrogen and oxygen atoms in total. The van der Waals surface area contributed by atoms with E-state index in [-0.39, 0.29) is 12.4 Å². The van der Waals surface area contributed by atoms with Crippen molar-refractivity contribution < 1.29 is 18.7 Å². The molecule has 5 heteroatoms. The molecule has 0 bridgehead atoms. The second kappa shape index (κ2) is 10.2. The predicted molar refractivity (Wildman–Crippen MR) is 106 cm³/mol. The van der Waals surface area contributed by atoms with Gasteiger partial charge in [0.25, 0.3) is 0 Å². The lowest BCUT2D eigenvalue weighted by Gasteiger charge is -2.25. The van der Waals surface area contributed by atoms with Crippen molar-refractivity contribution in [3.63, 3.8) is 0 Å². The Labute approximate surface area is 165 Å². The summed E-state index contributed by atoms with van der Waals surface area (Å²) in [4.78, 5) is 2.14. The summed E-state index contributed by atoms with van der Waals surface area (Å²) in [6, 6.07) is 18.5. The molecule has 0 aliphatic rings. The van der Waals surface area contributed by atoms with Crippen LogP contribution >= 0.6 is 0 Å². The zero-order valence-electron chi connectivity index (χ0n) is 16.1. The van der Waals surface area contributed by atoms with Crippen LogP contribution in [0.5, 0.6) is 0 Å². The minimum atomic E-state index is -0.638. The Morgan fingerprint density at radius 1 is 1.00 bits per heavy atom. The van der Waals surface area contributed by atoms with Gasteiger partial charge in [0.2, 0.25) is 0 Å². The van der Waals surface area contributed by atoms with E-state index in [1.54, 1.807) is 24.5 Å². The minimum Gasteiger partial charge on any atom is -0.467 e. The topological polar surface area (TPSA) is 45.8 Å². The molecule has 3 aromatic rings. The molecule has 1 N–H and O–H groups in total. The maximum Gasteiger partial charge on any atom is 0.129 e. The SMILES string of the molecule is Cc1ccc(CN(Cc2ccc(F)cc2)C[C@H](O)COCc2ccco2)cc1. The fourth-order valence-corrected chi connectivity index (χ4v) is 3.03. The highest BCUT2D eigenvalue weighted by atomic mass is 19.1. The van der Waals surface area contributed by atoms with Crippen molar-refractivity contribution in [1.29, 1.82) is 0 Å². The number of hydrogen-bond donors (Lipinski definition) is 1. The third-order valence-corrected chi connectivity index (χ3v) is 4.45. The van der Waals surface area contributed by atoms with Crippen LogP contribution in [0, 0.1) is 12.7 Å². The highest BCUT2D eigenvalue weighted by Crippen LogP contribution is 2.13. The monoisotopic (exact) mass is 383 g/mol. The molecule has 1 heterocycles. The lowest BCUT2D eigenvalue weighted by Crippen LogP contribution is -2.34. The number of benzene rings is 2. The van der Waals surface area contributed by atoms with Crippen LogP contribution in [-0.4, -0.2) is 29.3 Å².